The van der Waals surface area contributed by atoms with Crippen LogP contribution in [-0.2, 0) is 0 Å². The fourth-order valence-electron chi connectivity index (χ4n) is 0.931. The highest BCUT2D eigenvalue weighted by Crippen LogP contribution is 2.39. The Kier molecular flexibility index (Phi) is 1.78. The van der Waals surface area contributed by atoms with Gasteiger partial charge in [0.15, 0.2) is 0 Å². The lowest BCUT2D eigenvalue weighted by Crippen LogP contribution is -2.17. The maximum Gasteiger partial charge on any atom is 0.0674 e. The summed E-state index contributed by atoms with van der Waals surface area (Å²) in [6.45, 7) is 1.93. The molecule has 1 aliphatic rings. The van der Waals surface area contributed by atoms with Crippen molar-refractivity contribution in [3.63, 3.8) is 0 Å². The van der Waals surface area contributed by atoms with Crippen molar-refractivity contribution in [2.24, 2.45) is 0 Å². The van der Waals surface area contributed by atoms with Gasteiger partial charge in [-0.05, 0) is 19.3 Å². The Morgan fingerprint density at radius 2 is 2.11 bits per heavy atom. The van der Waals surface area contributed by atoms with Crippen molar-refractivity contribution < 1.29 is 10.2 Å². The highest BCUT2D eigenvalue weighted by Gasteiger charge is 2.41. The van der Waals surface area contributed by atoms with Crippen LogP contribution >= 0.6 is 0 Å². The second-order valence-electron chi connectivity index (χ2n) is 2.99. The second-order valence-corrected chi connectivity index (χ2v) is 2.99. The fraction of sp³-hybridized carbons (Fsp3) is 1.00. The van der Waals surface area contributed by atoms with Crippen LogP contribution in [0.1, 0.15) is 32.6 Å². The van der Waals surface area contributed by atoms with Crippen molar-refractivity contribution in [2.45, 2.75) is 44.3 Å². The molecule has 54 valence electrons. The third kappa shape index (κ3) is 1.95. The molecule has 1 atom stereocenters. The first-order chi connectivity index (χ1) is 4.16. The van der Waals surface area contributed by atoms with Gasteiger partial charge >= 0.3 is 0 Å². The van der Waals surface area contributed by atoms with Crippen molar-refractivity contribution in [2.75, 3.05) is 0 Å². The van der Waals surface area contributed by atoms with E-state index in [1.165, 1.54) is 0 Å². The standard InChI is InChI=1S/C7H14O2/c1-2-6(8)5-7(9)3-4-7/h6,8-9H,2-5H2,1H3. The van der Waals surface area contributed by atoms with Crippen molar-refractivity contribution in [1.29, 1.82) is 0 Å². The predicted octanol–water partition coefficient (Wildman–Crippen LogP) is 0.672. The third-order valence-electron chi connectivity index (χ3n) is 1.91. The van der Waals surface area contributed by atoms with E-state index < -0.39 is 5.60 Å². The molecule has 2 N–H and O–H groups in total. The zero-order valence-electron chi connectivity index (χ0n) is 5.80. The van der Waals surface area contributed by atoms with E-state index >= 15 is 0 Å². The van der Waals surface area contributed by atoms with E-state index in [4.69, 9.17) is 5.11 Å². The molecular formula is C7H14O2. The van der Waals surface area contributed by atoms with Gasteiger partial charge in [-0.15, -0.1) is 0 Å². The zero-order valence-corrected chi connectivity index (χ0v) is 5.80. The Labute approximate surface area is 55.5 Å². The molecule has 2 nitrogen and oxygen atoms in total. The van der Waals surface area contributed by atoms with E-state index in [1.807, 2.05) is 6.92 Å². The normalized spacial score (nSPS) is 25.7. The molecule has 9 heavy (non-hydrogen) atoms. The molecule has 1 fully saturated rings. The van der Waals surface area contributed by atoms with Crippen molar-refractivity contribution in [3.8, 4) is 0 Å². The van der Waals surface area contributed by atoms with Gasteiger partial charge in [0.05, 0.1) is 11.7 Å². The minimum absolute atomic E-state index is 0.294. The first-order valence-corrected chi connectivity index (χ1v) is 3.57. The average molecular weight is 130 g/mol. The molecule has 0 amide bonds. The Morgan fingerprint density at radius 1 is 1.56 bits per heavy atom. The summed E-state index contributed by atoms with van der Waals surface area (Å²) in [6, 6.07) is 0. The molecule has 0 aliphatic heterocycles. The molecule has 0 saturated heterocycles. The molecule has 0 spiro atoms. The van der Waals surface area contributed by atoms with Gasteiger partial charge in [-0.3, -0.25) is 0 Å². The van der Waals surface area contributed by atoms with Crippen LogP contribution in [0.3, 0.4) is 0 Å². The molecule has 0 bridgehead atoms. The molecule has 1 unspecified atom stereocenters. The summed E-state index contributed by atoms with van der Waals surface area (Å²) >= 11 is 0. The molecule has 2 heteroatoms. The van der Waals surface area contributed by atoms with Crippen LogP contribution in [0.15, 0.2) is 0 Å². The summed E-state index contributed by atoms with van der Waals surface area (Å²) in [6.07, 6.45) is 2.79. The number of hydrogen-bond acceptors (Lipinski definition) is 2. The lowest BCUT2D eigenvalue weighted by atomic mass is 10.1. The molecule has 0 aromatic rings. The van der Waals surface area contributed by atoms with Gasteiger partial charge < -0.3 is 10.2 Å². The molecule has 0 aromatic heterocycles. The van der Waals surface area contributed by atoms with Crippen LogP contribution in [0.5, 0.6) is 0 Å². The van der Waals surface area contributed by atoms with E-state index in [0.29, 0.717) is 6.42 Å². The second kappa shape index (κ2) is 2.27. The quantitative estimate of drug-likeness (QED) is 0.589. The topological polar surface area (TPSA) is 40.5 Å². The van der Waals surface area contributed by atoms with Crippen LogP contribution in [0.2, 0.25) is 0 Å². The largest absolute Gasteiger partial charge is 0.393 e. The SMILES string of the molecule is CCC(O)CC1(O)CC1. The van der Waals surface area contributed by atoms with Gasteiger partial charge in [-0.25, -0.2) is 0 Å². The molecule has 0 aromatic carbocycles. The fourth-order valence-corrected chi connectivity index (χ4v) is 0.931. The Hall–Kier alpha value is -0.0800. The summed E-state index contributed by atoms with van der Waals surface area (Å²) in [5.74, 6) is 0. The molecule has 0 radical (unpaired) electrons. The molecule has 1 aliphatic carbocycles. The zero-order chi connectivity index (χ0) is 6.91. The van der Waals surface area contributed by atoms with Gasteiger partial charge in [0.25, 0.3) is 0 Å². The first kappa shape index (κ1) is 7.03. The summed E-state index contributed by atoms with van der Waals surface area (Å²) in [5.41, 5.74) is -0.477. The predicted molar refractivity (Wildman–Crippen MR) is 35.1 cm³/mol. The van der Waals surface area contributed by atoms with Crippen LogP contribution in [0.25, 0.3) is 0 Å². The van der Waals surface area contributed by atoms with Gasteiger partial charge in [-0.2, -0.15) is 0 Å². The molecular weight excluding hydrogens is 116 g/mol. The van der Waals surface area contributed by atoms with Crippen LogP contribution < -0.4 is 0 Å². The lowest BCUT2D eigenvalue weighted by molar-refractivity contribution is 0.0628. The van der Waals surface area contributed by atoms with Gasteiger partial charge in [0, 0.05) is 6.42 Å². The van der Waals surface area contributed by atoms with Crippen molar-refractivity contribution in [1.82, 2.24) is 0 Å². The number of aliphatic hydroxyl groups excluding tert-OH is 1. The van der Waals surface area contributed by atoms with E-state index in [0.717, 1.165) is 19.3 Å². The maximum absolute atomic E-state index is 9.27. The molecule has 1 rings (SSSR count). The first-order valence-electron chi connectivity index (χ1n) is 3.57. The van der Waals surface area contributed by atoms with Gasteiger partial charge in [0.1, 0.15) is 0 Å². The number of aliphatic hydroxyl groups is 2. The monoisotopic (exact) mass is 130 g/mol. The third-order valence-corrected chi connectivity index (χ3v) is 1.91. The molecule has 1 saturated carbocycles. The van der Waals surface area contributed by atoms with Crippen LogP contribution in [0, 0.1) is 0 Å². The van der Waals surface area contributed by atoms with E-state index in [2.05, 4.69) is 0 Å². The van der Waals surface area contributed by atoms with Crippen LogP contribution in [-0.4, -0.2) is 21.9 Å². The van der Waals surface area contributed by atoms with Crippen LogP contribution in [0.4, 0.5) is 0 Å². The highest BCUT2D eigenvalue weighted by molar-refractivity contribution is 4.94. The lowest BCUT2D eigenvalue weighted by Gasteiger charge is -2.11. The molecule has 0 heterocycles. The van der Waals surface area contributed by atoms with E-state index in [1.54, 1.807) is 0 Å². The Bertz CT molecular complexity index is 97.1. The van der Waals surface area contributed by atoms with Crippen molar-refractivity contribution >= 4 is 0 Å². The number of rotatable bonds is 3. The average Bonchev–Trinajstić information content (AvgIpc) is 2.48. The minimum atomic E-state index is -0.477. The highest BCUT2D eigenvalue weighted by atomic mass is 16.3. The summed E-state index contributed by atoms with van der Waals surface area (Å²) in [7, 11) is 0. The van der Waals surface area contributed by atoms with Gasteiger partial charge in [0.2, 0.25) is 0 Å². The van der Waals surface area contributed by atoms with Crippen molar-refractivity contribution in [3.05, 3.63) is 0 Å². The van der Waals surface area contributed by atoms with Gasteiger partial charge in [-0.1, -0.05) is 6.92 Å². The Morgan fingerprint density at radius 3 is 2.44 bits per heavy atom. The smallest absolute Gasteiger partial charge is 0.0674 e. The van der Waals surface area contributed by atoms with E-state index in [9.17, 15) is 5.11 Å². The minimum Gasteiger partial charge on any atom is -0.393 e. The summed E-state index contributed by atoms with van der Waals surface area (Å²) in [5, 5.41) is 18.3. The summed E-state index contributed by atoms with van der Waals surface area (Å²) in [4.78, 5) is 0. The maximum atomic E-state index is 9.27. The summed E-state index contributed by atoms with van der Waals surface area (Å²) < 4.78 is 0. The number of hydrogen-bond donors (Lipinski definition) is 2. The Balaban J connectivity index is 2.17. The van der Waals surface area contributed by atoms with E-state index in [-0.39, 0.29) is 6.10 Å².